The van der Waals surface area contributed by atoms with E-state index in [9.17, 15) is 8.78 Å². The Bertz CT molecular complexity index is 1100. The second-order valence-corrected chi connectivity index (χ2v) is 5.89. The first-order chi connectivity index (χ1) is 12.5. The van der Waals surface area contributed by atoms with Crippen molar-refractivity contribution in [2.75, 3.05) is 5.73 Å². The van der Waals surface area contributed by atoms with E-state index in [1.807, 2.05) is 19.1 Å². The van der Waals surface area contributed by atoms with Gasteiger partial charge in [0.05, 0.1) is 23.8 Å². The van der Waals surface area contributed by atoms with Crippen molar-refractivity contribution in [2.45, 2.75) is 13.5 Å². The molecule has 3 aromatic heterocycles. The summed E-state index contributed by atoms with van der Waals surface area (Å²) in [5.41, 5.74) is 8.30. The molecular weight excluding hydrogens is 338 g/mol. The molecule has 0 fully saturated rings. The largest absolute Gasteiger partial charge is 0.368 e. The first kappa shape index (κ1) is 16.1. The lowest BCUT2D eigenvalue weighted by atomic mass is 10.1. The number of nitrogens with zero attached hydrogens (tertiary/aromatic N) is 5. The molecule has 8 heteroatoms. The standard InChI is InChI=1S/C18H14F2N6/c1-10-5-6-22-15(7-10)16-11-8-23-26(17(11)25-18(21)24-16)9-12-13(19)3-2-4-14(12)20/h2-8H,9H2,1H3,(H2,21,24,25). The highest BCUT2D eigenvalue weighted by Gasteiger charge is 2.17. The van der Waals surface area contributed by atoms with Crippen LogP contribution in [0.2, 0.25) is 0 Å². The van der Waals surface area contributed by atoms with Crippen molar-refractivity contribution in [2.24, 2.45) is 0 Å². The normalized spacial score (nSPS) is 11.2. The molecule has 0 spiro atoms. The molecule has 26 heavy (non-hydrogen) atoms. The van der Waals surface area contributed by atoms with E-state index in [2.05, 4.69) is 20.1 Å². The van der Waals surface area contributed by atoms with E-state index in [1.54, 1.807) is 12.4 Å². The number of hydrogen-bond acceptors (Lipinski definition) is 5. The van der Waals surface area contributed by atoms with Gasteiger partial charge in [-0.15, -0.1) is 0 Å². The molecule has 130 valence electrons. The van der Waals surface area contributed by atoms with Crippen LogP contribution < -0.4 is 5.73 Å². The topological polar surface area (TPSA) is 82.5 Å². The summed E-state index contributed by atoms with van der Waals surface area (Å²) in [6.45, 7) is 1.83. The summed E-state index contributed by atoms with van der Waals surface area (Å²) in [6.07, 6.45) is 3.22. The third-order valence-corrected chi connectivity index (χ3v) is 4.04. The molecule has 0 saturated heterocycles. The van der Waals surface area contributed by atoms with E-state index in [4.69, 9.17) is 5.73 Å². The number of benzene rings is 1. The summed E-state index contributed by atoms with van der Waals surface area (Å²) in [4.78, 5) is 12.8. The number of rotatable bonds is 3. The molecule has 0 aliphatic rings. The number of nitrogen functional groups attached to an aromatic ring is 1. The van der Waals surface area contributed by atoms with Gasteiger partial charge in [0.15, 0.2) is 5.65 Å². The Morgan fingerprint density at radius 2 is 1.88 bits per heavy atom. The summed E-state index contributed by atoms with van der Waals surface area (Å²) in [7, 11) is 0. The lowest BCUT2D eigenvalue weighted by molar-refractivity contribution is 0.536. The zero-order valence-corrected chi connectivity index (χ0v) is 13.8. The van der Waals surface area contributed by atoms with Crippen LogP contribution in [0, 0.1) is 18.6 Å². The molecule has 0 unspecified atom stereocenters. The fourth-order valence-electron chi connectivity index (χ4n) is 2.78. The van der Waals surface area contributed by atoms with Crippen LogP contribution in [-0.4, -0.2) is 24.7 Å². The van der Waals surface area contributed by atoms with Gasteiger partial charge in [-0.2, -0.15) is 10.1 Å². The molecule has 0 aliphatic carbocycles. The van der Waals surface area contributed by atoms with Gasteiger partial charge in [0, 0.05) is 11.8 Å². The van der Waals surface area contributed by atoms with Gasteiger partial charge in [-0.1, -0.05) is 6.07 Å². The smallest absolute Gasteiger partial charge is 0.222 e. The van der Waals surface area contributed by atoms with Crippen LogP contribution in [-0.2, 0) is 6.54 Å². The Hall–Kier alpha value is -3.42. The van der Waals surface area contributed by atoms with Gasteiger partial charge in [-0.3, -0.25) is 4.98 Å². The fourth-order valence-corrected chi connectivity index (χ4v) is 2.78. The molecule has 2 N–H and O–H groups in total. The lowest BCUT2D eigenvalue weighted by Gasteiger charge is -2.08. The minimum absolute atomic E-state index is 0.0339. The molecule has 0 aliphatic heterocycles. The highest BCUT2D eigenvalue weighted by atomic mass is 19.1. The maximum absolute atomic E-state index is 14.0. The van der Waals surface area contributed by atoms with Crippen LogP contribution in [0.5, 0.6) is 0 Å². The van der Waals surface area contributed by atoms with Crippen LogP contribution in [0.3, 0.4) is 0 Å². The molecule has 0 bridgehead atoms. The predicted molar refractivity (Wildman–Crippen MR) is 93.2 cm³/mol. The van der Waals surface area contributed by atoms with Crippen molar-refractivity contribution in [3.8, 4) is 11.4 Å². The molecule has 0 atom stereocenters. The van der Waals surface area contributed by atoms with E-state index in [-0.39, 0.29) is 18.1 Å². The van der Waals surface area contributed by atoms with E-state index in [0.717, 1.165) is 5.56 Å². The van der Waals surface area contributed by atoms with Gasteiger partial charge in [-0.25, -0.2) is 18.4 Å². The van der Waals surface area contributed by atoms with Crippen molar-refractivity contribution in [1.29, 1.82) is 0 Å². The van der Waals surface area contributed by atoms with Crippen molar-refractivity contribution < 1.29 is 8.78 Å². The number of anilines is 1. The van der Waals surface area contributed by atoms with Crippen molar-refractivity contribution >= 4 is 17.0 Å². The van der Waals surface area contributed by atoms with Gasteiger partial charge in [0.2, 0.25) is 5.95 Å². The third-order valence-electron chi connectivity index (χ3n) is 4.04. The number of hydrogen-bond donors (Lipinski definition) is 1. The second kappa shape index (κ2) is 6.14. The Balaban J connectivity index is 1.87. The van der Waals surface area contributed by atoms with Crippen LogP contribution in [0.25, 0.3) is 22.4 Å². The zero-order chi connectivity index (χ0) is 18.3. The van der Waals surface area contributed by atoms with E-state index in [1.165, 1.54) is 22.9 Å². The van der Waals surface area contributed by atoms with Crippen LogP contribution >= 0.6 is 0 Å². The molecule has 6 nitrogen and oxygen atoms in total. The Kier molecular flexibility index (Phi) is 3.80. The van der Waals surface area contributed by atoms with Gasteiger partial charge in [0.25, 0.3) is 0 Å². The average Bonchev–Trinajstić information content (AvgIpc) is 3.00. The molecular formula is C18H14F2N6. The molecule has 3 heterocycles. The summed E-state index contributed by atoms with van der Waals surface area (Å²) in [5.74, 6) is -1.25. The molecule has 4 rings (SSSR count). The third kappa shape index (κ3) is 2.75. The summed E-state index contributed by atoms with van der Waals surface area (Å²) in [6, 6.07) is 7.47. The average molecular weight is 352 g/mol. The number of aryl methyl sites for hydroxylation is 1. The lowest BCUT2D eigenvalue weighted by Crippen LogP contribution is -2.08. The maximum atomic E-state index is 14.0. The van der Waals surface area contributed by atoms with Crippen molar-refractivity contribution in [3.63, 3.8) is 0 Å². The minimum atomic E-state index is -0.642. The Morgan fingerprint density at radius 1 is 1.12 bits per heavy atom. The molecule has 0 radical (unpaired) electrons. The van der Waals surface area contributed by atoms with Gasteiger partial charge in [0.1, 0.15) is 17.3 Å². The Morgan fingerprint density at radius 3 is 2.62 bits per heavy atom. The summed E-state index contributed by atoms with van der Waals surface area (Å²) < 4.78 is 29.3. The molecule has 1 aromatic carbocycles. The second-order valence-electron chi connectivity index (χ2n) is 5.89. The SMILES string of the molecule is Cc1ccnc(-c2nc(N)nc3c2cnn3Cc2c(F)cccc2F)c1. The maximum Gasteiger partial charge on any atom is 0.222 e. The predicted octanol–water partition coefficient (Wildman–Crippen LogP) is 3.11. The quantitative estimate of drug-likeness (QED) is 0.613. The monoisotopic (exact) mass is 352 g/mol. The number of fused-ring (bicyclic) bond motifs is 1. The van der Waals surface area contributed by atoms with Crippen molar-refractivity contribution in [1.82, 2.24) is 24.7 Å². The van der Waals surface area contributed by atoms with Crippen LogP contribution in [0.15, 0.2) is 42.7 Å². The van der Waals surface area contributed by atoms with Gasteiger partial charge >= 0.3 is 0 Å². The summed E-state index contributed by atoms with van der Waals surface area (Å²) >= 11 is 0. The number of pyridine rings is 1. The molecule has 0 saturated carbocycles. The zero-order valence-electron chi connectivity index (χ0n) is 13.8. The highest BCUT2D eigenvalue weighted by molar-refractivity contribution is 5.90. The summed E-state index contributed by atoms with van der Waals surface area (Å²) in [5, 5.41) is 4.83. The minimum Gasteiger partial charge on any atom is -0.368 e. The van der Waals surface area contributed by atoms with E-state index in [0.29, 0.717) is 22.4 Å². The fraction of sp³-hybridized carbons (Fsp3) is 0.111. The molecule has 4 aromatic rings. The molecule has 0 amide bonds. The van der Waals surface area contributed by atoms with Crippen molar-refractivity contribution in [3.05, 3.63) is 65.5 Å². The van der Waals surface area contributed by atoms with E-state index < -0.39 is 11.6 Å². The highest BCUT2D eigenvalue weighted by Crippen LogP contribution is 2.26. The number of halogens is 2. The van der Waals surface area contributed by atoms with Gasteiger partial charge < -0.3 is 5.73 Å². The number of nitrogens with two attached hydrogens (primary N) is 1. The number of aromatic nitrogens is 5. The van der Waals surface area contributed by atoms with Gasteiger partial charge in [-0.05, 0) is 36.8 Å². The first-order valence-corrected chi connectivity index (χ1v) is 7.88. The van der Waals surface area contributed by atoms with E-state index >= 15 is 0 Å². The van der Waals surface area contributed by atoms with Crippen LogP contribution in [0.1, 0.15) is 11.1 Å². The van der Waals surface area contributed by atoms with Crippen LogP contribution in [0.4, 0.5) is 14.7 Å². The Labute approximate surface area is 147 Å². The first-order valence-electron chi connectivity index (χ1n) is 7.88.